The molecule has 0 aliphatic heterocycles. The Morgan fingerprint density at radius 2 is 0.929 bits per heavy atom. The molecule has 0 heterocycles. The minimum atomic E-state index is 0.160. The van der Waals surface area contributed by atoms with Crippen LogP contribution in [0.5, 0.6) is 0 Å². The van der Waals surface area contributed by atoms with Gasteiger partial charge in [-0.1, -0.05) is 20.8 Å². The van der Waals surface area contributed by atoms with Crippen molar-refractivity contribution in [2.75, 3.05) is 0 Å². The van der Waals surface area contributed by atoms with Gasteiger partial charge in [0, 0.05) is 4.87 Å². The highest BCUT2D eigenvalue weighted by atomic mass is 35.5. The van der Waals surface area contributed by atoms with Crippen molar-refractivity contribution in [1.29, 1.82) is 0 Å². The molecule has 0 unspecified atom stereocenters. The summed E-state index contributed by atoms with van der Waals surface area (Å²) in [4.78, 5) is 0.160. The first-order chi connectivity index (χ1) is 6.24. The first-order valence-electron chi connectivity index (χ1n) is 5.93. The van der Waals surface area contributed by atoms with E-state index in [0.717, 1.165) is 0 Å². The van der Waals surface area contributed by atoms with Crippen molar-refractivity contribution in [2.45, 2.75) is 64.2 Å². The van der Waals surface area contributed by atoms with Gasteiger partial charge in [0.15, 0.2) is 0 Å². The van der Waals surface area contributed by atoms with Gasteiger partial charge in [0.05, 0.1) is 0 Å². The summed E-state index contributed by atoms with van der Waals surface area (Å²) < 4.78 is 0. The van der Waals surface area contributed by atoms with Crippen molar-refractivity contribution in [3.05, 3.63) is 0 Å². The summed E-state index contributed by atoms with van der Waals surface area (Å²) in [6, 6.07) is 0. The summed E-state index contributed by atoms with van der Waals surface area (Å²) in [7, 11) is 0. The molecule has 4 saturated carbocycles. The van der Waals surface area contributed by atoms with Gasteiger partial charge in [0.25, 0.3) is 0 Å². The molecule has 0 aromatic carbocycles. The van der Waals surface area contributed by atoms with Crippen LogP contribution in [0.15, 0.2) is 0 Å². The molecular formula is C13H21Cl. The topological polar surface area (TPSA) is 0 Å². The van der Waals surface area contributed by atoms with Gasteiger partial charge in [0.2, 0.25) is 0 Å². The lowest BCUT2D eigenvalue weighted by atomic mass is 9.40. The average Bonchev–Trinajstić information content (AvgIpc) is 1.67. The van der Waals surface area contributed by atoms with Crippen LogP contribution in [0.3, 0.4) is 0 Å². The van der Waals surface area contributed by atoms with E-state index in [4.69, 9.17) is 11.6 Å². The number of halogens is 1. The van der Waals surface area contributed by atoms with E-state index in [1.165, 1.54) is 38.5 Å². The molecule has 4 fully saturated rings. The molecule has 0 amide bonds. The van der Waals surface area contributed by atoms with Crippen molar-refractivity contribution in [2.24, 2.45) is 16.2 Å². The Hall–Kier alpha value is 0.290. The van der Waals surface area contributed by atoms with Gasteiger partial charge in [-0.15, -0.1) is 11.6 Å². The standard InChI is InChI=1S/C13H21Cl/c1-10-4-11(2)6-12(3,5-10)9-13(14,7-10)8-11/h4-9H2,1-3H3. The van der Waals surface area contributed by atoms with Crippen LogP contribution in [0, 0.1) is 16.2 Å². The Morgan fingerprint density at radius 1 is 0.643 bits per heavy atom. The van der Waals surface area contributed by atoms with Crippen LogP contribution in [-0.2, 0) is 0 Å². The maximum absolute atomic E-state index is 6.80. The Labute approximate surface area is 92.4 Å². The third-order valence-electron chi connectivity index (χ3n) is 4.79. The van der Waals surface area contributed by atoms with E-state index >= 15 is 0 Å². The van der Waals surface area contributed by atoms with Crippen LogP contribution in [0.2, 0.25) is 0 Å². The molecule has 0 nitrogen and oxygen atoms in total. The number of hydrogen-bond donors (Lipinski definition) is 0. The molecule has 0 atom stereocenters. The largest absolute Gasteiger partial charge is 0.119 e. The highest BCUT2D eigenvalue weighted by Gasteiger charge is 2.63. The van der Waals surface area contributed by atoms with E-state index in [0.29, 0.717) is 16.2 Å². The van der Waals surface area contributed by atoms with E-state index in [9.17, 15) is 0 Å². The molecule has 0 N–H and O–H groups in total. The Morgan fingerprint density at radius 3 is 1.14 bits per heavy atom. The zero-order valence-electron chi connectivity index (χ0n) is 9.62. The molecule has 4 aliphatic rings. The highest BCUT2D eigenvalue weighted by molar-refractivity contribution is 6.24. The normalized spacial score (nSPS) is 66.0. The molecule has 0 spiro atoms. The molecule has 14 heavy (non-hydrogen) atoms. The summed E-state index contributed by atoms with van der Waals surface area (Å²) in [5, 5.41) is 0. The predicted molar refractivity (Wildman–Crippen MR) is 60.6 cm³/mol. The van der Waals surface area contributed by atoms with Crippen molar-refractivity contribution in [1.82, 2.24) is 0 Å². The molecule has 4 bridgehead atoms. The zero-order chi connectivity index (χ0) is 10.2. The summed E-state index contributed by atoms with van der Waals surface area (Å²) in [6.07, 6.45) is 8.07. The summed E-state index contributed by atoms with van der Waals surface area (Å²) in [5.41, 5.74) is 1.67. The molecule has 80 valence electrons. The van der Waals surface area contributed by atoms with Crippen molar-refractivity contribution >= 4 is 11.6 Å². The molecule has 4 rings (SSSR count). The Kier molecular flexibility index (Phi) is 1.49. The van der Waals surface area contributed by atoms with Crippen molar-refractivity contribution in [3.8, 4) is 0 Å². The van der Waals surface area contributed by atoms with Crippen LogP contribution in [-0.4, -0.2) is 4.87 Å². The lowest BCUT2D eigenvalue weighted by Crippen LogP contribution is -2.59. The zero-order valence-corrected chi connectivity index (χ0v) is 10.4. The van der Waals surface area contributed by atoms with E-state index < -0.39 is 0 Å². The fraction of sp³-hybridized carbons (Fsp3) is 1.00. The van der Waals surface area contributed by atoms with Crippen molar-refractivity contribution < 1.29 is 0 Å². The molecule has 4 aliphatic carbocycles. The number of hydrogen-bond acceptors (Lipinski definition) is 0. The van der Waals surface area contributed by atoms with E-state index in [2.05, 4.69) is 20.8 Å². The van der Waals surface area contributed by atoms with Gasteiger partial charge in [-0.3, -0.25) is 0 Å². The van der Waals surface area contributed by atoms with Gasteiger partial charge >= 0.3 is 0 Å². The third kappa shape index (κ3) is 1.19. The van der Waals surface area contributed by atoms with E-state index in [-0.39, 0.29) is 4.87 Å². The van der Waals surface area contributed by atoms with Crippen LogP contribution in [0.1, 0.15) is 59.3 Å². The summed E-state index contributed by atoms with van der Waals surface area (Å²) >= 11 is 6.80. The maximum Gasteiger partial charge on any atom is 0.0462 e. The first kappa shape index (κ1) is 9.51. The van der Waals surface area contributed by atoms with Crippen molar-refractivity contribution in [3.63, 3.8) is 0 Å². The SMILES string of the molecule is CC12CC3(C)CC(C)(C1)CC(Cl)(C2)C3. The minimum absolute atomic E-state index is 0.160. The fourth-order valence-corrected chi connectivity index (χ4v) is 7.10. The molecule has 0 aromatic rings. The Bertz CT molecular complexity index is 198. The smallest absolute Gasteiger partial charge is 0.0462 e. The summed E-state index contributed by atoms with van der Waals surface area (Å²) in [6.45, 7) is 7.41. The minimum Gasteiger partial charge on any atom is -0.119 e. The van der Waals surface area contributed by atoms with Gasteiger partial charge in [-0.25, -0.2) is 0 Å². The first-order valence-corrected chi connectivity index (χ1v) is 6.31. The fourth-order valence-electron chi connectivity index (χ4n) is 6.14. The second kappa shape index (κ2) is 2.19. The van der Waals surface area contributed by atoms with Gasteiger partial charge in [-0.05, 0) is 54.8 Å². The quantitative estimate of drug-likeness (QED) is 0.524. The van der Waals surface area contributed by atoms with Gasteiger partial charge in [-0.2, -0.15) is 0 Å². The maximum atomic E-state index is 6.80. The third-order valence-corrected chi connectivity index (χ3v) is 5.19. The lowest BCUT2D eigenvalue weighted by Gasteiger charge is -2.67. The number of rotatable bonds is 0. The van der Waals surface area contributed by atoms with Crippen LogP contribution >= 0.6 is 11.6 Å². The molecular weight excluding hydrogens is 192 g/mol. The van der Waals surface area contributed by atoms with Gasteiger partial charge < -0.3 is 0 Å². The summed E-state index contributed by atoms with van der Waals surface area (Å²) in [5.74, 6) is 0. The number of alkyl halides is 1. The van der Waals surface area contributed by atoms with Gasteiger partial charge in [0.1, 0.15) is 0 Å². The van der Waals surface area contributed by atoms with Crippen LogP contribution in [0.25, 0.3) is 0 Å². The molecule has 0 saturated heterocycles. The highest BCUT2D eigenvalue weighted by Crippen LogP contribution is 2.72. The van der Waals surface area contributed by atoms with Crippen LogP contribution < -0.4 is 0 Å². The van der Waals surface area contributed by atoms with E-state index in [1.54, 1.807) is 0 Å². The van der Waals surface area contributed by atoms with E-state index in [1.807, 2.05) is 0 Å². The second-order valence-corrected chi connectivity index (χ2v) is 8.45. The predicted octanol–water partition coefficient (Wildman–Crippen LogP) is 4.36. The second-order valence-electron chi connectivity index (χ2n) is 7.64. The molecule has 0 aromatic heterocycles. The lowest BCUT2D eigenvalue weighted by molar-refractivity contribution is -0.125. The Balaban J connectivity index is 2.08. The van der Waals surface area contributed by atoms with Crippen LogP contribution in [0.4, 0.5) is 0 Å². The monoisotopic (exact) mass is 212 g/mol. The molecule has 0 radical (unpaired) electrons. The molecule has 1 heteroatoms. The average molecular weight is 213 g/mol.